The summed E-state index contributed by atoms with van der Waals surface area (Å²) in [7, 11) is 0. The quantitative estimate of drug-likeness (QED) is 0.466. The van der Waals surface area contributed by atoms with Gasteiger partial charge in [0, 0.05) is 6.20 Å². The lowest BCUT2D eigenvalue weighted by molar-refractivity contribution is -0.137. The Morgan fingerprint density at radius 3 is 2.67 bits per heavy atom. The minimum Gasteiger partial charge on any atom is -0.460 e. The van der Waals surface area contributed by atoms with Gasteiger partial charge in [0.1, 0.15) is 0 Å². The Kier molecular flexibility index (Phi) is 3.52. The first-order valence-corrected chi connectivity index (χ1v) is 5.54. The molecule has 18 heavy (non-hydrogen) atoms. The summed E-state index contributed by atoms with van der Waals surface area (Å²) in [5.74, 6) is -1.54. The average molecular weight is 244 g/mol. The average Bonchev–Trinajstić information content (AvgIpc) is 2.89. The molecule has 0 radical (unpaired) electrons. The molecule has 0 N–H and O–H groups in total. The normalized spacial score (nSPS) is 10.1. The SMILES string of the molecule is CCOC(=O)C(=O)c1cnn(-c2ccccc2)c1. The third kappa shape index (κ3) is 2.45. The second kappa shape index (κ2) is 5.27. The number of nitrogens with zero attached hydrogens (tertiary/aromatic N) is 2. The maximum Gasteiger partial charge on any atom is 0.379 e. The third-order valence-corrected chi connectivity index (χ3v) is 2.33. The van der Waals surface area contributed by atoms with Crippen LogP contribution in [-0.4, -0.2) is 28.1 Å². The molecule has 5 nitrogen and oxygen atoms in total. The number of Topliss-reactive ketones (excluding diaryl/α,β-unsaturated/α-hetero) is 1. The van der Waals surface area contributed by atoms with Crippen molar-refractivity contribution in [2.75, 3.05) is 6.61 Å². The van der Waals surface area contributed by atoms with Gasteiger partial charge in [-0.2, -0.15) is 5.10 Å². The van der Waals surface area contributed by atoms with E-state index in [9.17, 15) is 9.59 Å². The second-order valence-electron chi connectivity index (χ2n) is 3.56. The van der Waals surface area contributed by atoms with Crippen LogP contribution in [0.5, 0.6) is 0 Å². The zero-order valence-electron chi connectivity index (χ0n) is 9.87. The Morgan fingerprint density at radius 2 is 2.00 bits per heavy atom. The van der Waals surface area contributed by atoms with Crippen molar-refractivity contribution in [1.29, 1.82) is 0 Å². The Labute approximate surface area is 104 Å². The maximum atomic E-state index is 11.7. The molecule has 92 valence electrons. The Hall–Kier alpha value is -2.43. The summed E-state index contributed by atoms with van der Waals surface area (Å²) in [5.41, 5.74) is 1.04. The highest BCUT2D eigenvalue weighted by molar-refractivity contribution is 6.40. The van der Waals surface area contributed by atoms with E-state index in [-0.39, 0.29) is 12.2 Å². The van der Waals surface area contributed by atoms with E-state index >= 15 is 0 Å². The van der Waals surface area contributed by atoms with Crippen molar-refractivity contribution >= 4 is 11.8 Å². The maximum absolute atomic E-state index is 11.7. The monoisotopic (exact) mass is 244 g/mol. The van der Waals surface area contributed by atoms with Crippen LogP contribution in [-0.2, 0) is 9.53 Å². The van der Waals surface area contributed by atoms with Gasteiger partial charge in [-0.3, -0.25) is 4.79 Å². The topological polar surface area (TPSA) is 61.2 Å². The van der Waals surface area contributed by atoms with E-state index in [1.165, 1.54) is 17.1 Å². The van der Waals surface area contributed by atoms with Gasteiger partial charge in [0.15, 0.2) is 0 Å². The molecule has 5 heteroatoms. The van der Waals surface area contributed by atoms with Gasteiger partial charge in [-0.05, 0) is 19.1 Å². The zero-order chi connectivity index (χ0) is 13.0. The van der Waals surface area contributed by atoms with Crippen LogP contribution in [0.4, 0.5) is 0 Å². The highest BCUT2D eigenvalue weighted by Gasteiger charge is 2.19. The predicted molar refractivity (Wildman–Crippen MR) is 64.5 cm³/mol. The summed E-state index contributed by atoms with van der Waals surface area (Å²) < 4.78 is 6.18. The van der Waals surface area contributed by atoms with Crippen LogP contribution < -0.4 is 0 Å². The van der Waals surface area contributed by atoms with Gasteiger partial charge in [0.05, 0.1) is 24.1 Å². The van der Waals surface area contributed by atoms with E-state index in [1.807, 2.05) is 30.3 Å². The summed E-state index contributed by atoms with van der Waals surface area (Å²) in [5, 5.41) is 4.04. The predicted octanol–water partition coefficient (Wildman–Crippen LogP) is 1.62. The summed E-state index contributed by atoms with van der Waals surface area (Å²) in [6.45, 7) is 1.83. The van der Waals surface area contributed by atoms with Crippen LogP contribution in [0.1, 0.15) is 17.3 Å². The molecule has 0 saturated heterocycles. The van der Waals surface area contributed by atoms with Crippen molar-refractivity contribution in [3.8, 4) is 5.69 Å². The Balaban J connectivity index is 2.21. The van der Waals surface area contributed by atoms with E-state index in [1.54, 1.807) is 6.92 Å². The summed E-state index contributed by atoms with van der Waals surface area (Å²) in [6, 6.07) is 9.32. The molecule has 1 aromatic carbocycles. The van der Waals surface area contributed by atoms with Crippen molar-refractivity contribution in [2.45, 2.75) is 6.92 Å². The Bertz CT molecular complexity index is 561. The van der Waals surface area contributed by atoms with Crippen LogP contribution in [0.15, 0.2) is 42.7 Å². The fraction of sp³-hybridized carbons (Fsp3) is 0.154. The van der Waals surface area contributed by atoms with Crippen molar-refractivity contribution in [3.05, 3.63) is 48.3 Å². The fourth-order valence-corrected chi connectivity index (χ4v) is 1.48. The van der Waals surface area contributed by atoms with Crippen molar-refractivity contribution in [1.82, 2.24) is 9.78 Å². The number of hydrogen-bond acceptors (Lipinski definition) is 4. The van der Waals surface area contributed by atoms with Crippen LogP contribution in [0.2, 0.25) is 0 Å². The van der Waals surface area contributed by atoms with Gasteiger partial charge >= 0.3 is 5.97 Å². The van der Waals surface area contributed by atoms with E-state index in [0.717, 1.165) is 5.69 Å². The molecule has 0 aliphatic heterocycles. The third-order valence-electron chi connectivity index (χ3n) is 2.33. The molecule has 0 atom stereocenters. The molecular weight excluding hydrogens is 232 g/mol. The number of esters is 1. The zero-order valence-corrected chi connectivity index (χ0v) is 9.87. The lowest BCUT2D eigenvalue weighted by Gasteiger charge is -1.99. The van der Waals surface area contributed by atoms with Crippen molar-refractivity contribution in [2.24, 2.45) is 0 Å². The number of hydrogen-bond donors (Lipinski definition) is 0. The van der Waals surface area contributed by atoms with E-state index < -0.39 is 11.8 Å². The first kappa shape index (κ1) is 12.0. The summed E-state index contributed by atoms with van der Waals surface area (Å²) in [4.78, 5) is 22.9. The lowest BCUT2D eigenvalue weighted by Crippen LogP contribution is -2.16. The smallest absolute Gasteiger partial charge is 0.379 e. The second-order valence-corrected chi connectivity index (χ2v) is 3.56. The van der Waals surface area contributed by atoms with Gasteiger partial charge in [-0.15, -0.1) is 0 Å². The molecule has 0 bridgehead atoms. The molecule has 0 aliphatic rings. The minimum absolute atomic E-state index is 0.178. The first-order chi connectivity index (χ1) is 8.72. The van der Waals surface area contributed by atoms with E-state index in [2.05, 4.69) is 9.84 Å². The highest BCUT2D eigenvalue weighted by atomic mass is 16.5. The van der Waals surface area contributed by atoms with Crippen LogP contribution in [0.3, 0.4) is 0 Å². The molecule has 0 spiro atoms. The van der Waals surface area contributed by atoms with Crippen molar-refractivity contribution in [3.63, 3.8) is 0 Å². The Morgan fingerprint density at radius 1 is 1.28 bits per heavy atom. The first-order valence-electron chi connectivity index (χ1n) is 5.54. The fourth-order valence-electron chi connectivity index (χ4n) is 1.48. The number of carbonyl (C=O) groups is 2. The van der Waals surface area contributed by atoms with Gasteiger partial charge in [-0.1, -0.05) is 18.2 Å². The number of para-hydroxylation sites is 1. The number of rotatable bonds is 4. The molecule has 1 heterocycles. The van der Waals surface area contributed by atoms with E-state index in [4.69, 9.17) is 0 Å². The molecule has 0 fully saturated rings. The molecule has 0 unspecified atom stereocenters. The number of aromatic nitrogens is 2. The van der Waals surface area contributed by atoms with E-state index in [0.29, 0.717) is 0 Å². The molecule has 1 aromatic heterocycles. The summed E-state index contributed by atoms with van der Waals surface area (Å²) in [6.07, 6.45) is 2.86. The number of ether oxygens (including phenoxy) is 1. The summed E-state index contributed by atoms with van der Waals surface area (Å²) >= 11 is 0. The van der Waals surface area contributed by atoms with Crippen molar-refractivity contribution < 1.29 is 14.3 Å². The number of benzene rings is 1. The van der Waals surface area contributed by atoms with Gasteiger partial charge in [-0.25, -0.2) is 9.48 Å². The molecule has 0 aliphatic carbocycles. The molecule has 0 amide bonds. The molecule has 0 saturated carbocycles. The largest absolute Gasteiger partial charge is 0.460 e. The number of ketones is 1. The van der Waals surface area contributed by atoms with Crippen LogP contribution >= 0.6 is 0 Å². The highest BCUT2D eigenvalue weighted by Crippen LogP contribution is 2.08. The van der Waals surface area contributed by atoms with Crippen LogP contribution in [0.25, 0.3) is 5.69 Å². The van der Waals surface area contributed by atoms with Gasteiger partial charge in [0.25, 0.3) is 5.78 Å². The molecule has 2 rings (SSSR count). The molecule has 2 aromatic rings. The van der Waals surface area contributed by atoms with Gasteiger partial charge < -0.3 is 4.74 Å². The molecular formula is C13H12N2O3. The van der Waals surface area contributed by atoms with Crippen LogP contribution in [0, 0.1) is 0 Å². The lowest BCUT2D eigenvalue weighted by atomic mass is 10.2. The number of carbonyl (C=O) groups excluding carboxylic acids is 2. The minimum atomic E-state index is -0.856. The van der Waals surface area contributed by atoms with Gasteiger partial charge in [0.2, 0.25) is 0 Å². The standard InChI is InChI=1S/C13H12N2O3/c1-2-18-13(17)12(16)10-8-14-15(9-10)11-6-4-3-5-7-11/h3-9H,2H2,1H3.